The van der Waals surface area contributed by atoms with E-state index in [0.717, 1.165) is 17.7 Å². The molecule has 2 rings (SSSR count). The number of hydrogen-bond donors (Lipinski definition) is 1. The minimum atomic E-state index is -0.688. The topological polar surface area (TPSA) is 57.2 Å². The summed E-state index contributed by atoms with van der Waals surface area (Å²) in [6.07, 6.45) is 0.131. The first-order chi connectivity index (χ1) is 9.70. The lowest BCUT2D eigenvalue weighted by Crippen LogP contribution is -2.18. The molecule has 0 bridgehead atoms. The molecule has 0 fully saturated rings. The van der Waals surface area contributed by atoms with Crippen LogP contribution in [0.25, 0.3) is 0 Å². The number of benzene rings is 1. The fourth-order valence-corrected chi connectivity index (χ4v) is 2.02. The first-order valence-electron chi connectivity index (χ1n) is 6.89. The fraction of sp³-hybridized carbons (Fsp3) is 0.600. The maximum atomic E-state index is 10.1. The Hall–Kier alpha value is -1.30. The number of aliphatic hydroxyl groups is 1. The molecular formula is C15H22O5. The third kappa shape index (κ3) is 4.10. The molecule has 2 atom stereocenters. The molecule has 0 aliphatic carbocycles. The summed E-state index contributed by atoms with van der Waals surface area (Å²) in [6.45, 7) is 3.93. The van der Waals surface area contributed by atoms with Gasteiger partial charge in [-0.15, -0.1) is 0 Å². The largest absolute Gasteiger partial charge is 0.490 e. The number of methoxy groups -OCH3 is 1. The van der Waals surface area contributed by atoms with Crippen molar-refractivity contribution >= 4 is 0 Å². The lowest BCUT2D eigenvalue weighted by Gasteiger charge is -2.17. The Balaban J connectivity index is 1.96. The minimum absolute atomic E-state index is 0.0462. The van der Waals surface area contributed by atoms with E-state index in [2.05, 4.69) is 0 Å². The van der Waals surface area contributed by atoms with Crippen molar-refractivity contribution in [3.63, 3.8) is 0 Å². The number of hydrogen-bond acceptors (Lipinski definition) is 5. The van der Waals surface area contributed by atoms with Gasteiger partial charge in [-0.05, 0) is 24.6 Å². The summed E-state index contributed by atoms with van der Waals surface area (Å²) >= 11 is 0. The van der Waals surface area contributed by atoms with Crippen molar-refractivity contribution in [3.05, 3.63) is 23.8 Å². The van der Waals surface area contributed by atoms with Crippen molar-refractivity contribution in [2.45, 2.75) is 25.6 Å². The maximum absolute atomic E-state index is 10.1. The first-order valence-corrected chi connectivity index (χ1v) is 6.89. The second kappa shape index (κ2) is 7.47. The summed E-state index contributed by atoms with van der Waals surface area (Å²) in [4.78, 5) is 0. The van der Waals surface area contributed by atoms with Crippen LogP contribution in [0.3, 0.4) is 0 Å². The van der Waals surface area contributed by atoms with Crippen LogP contribution in [0.1, 0.15) is 25.0 Å². The molecule has 5 heteroatoms. The third-order valence-corrected chi connectivity index (χ3v) is 3.10. The highest BCUT2D eigenvalue weighted by molar-refractivity contribution is 5.44. The second-order valence-electron chi connectivity index (χ2n) is 4.87. The lowest BCUT2D eigenvalue weighted by molar-refractivity contribution is -0.0326. The molecule has 0 aromatic heterocycles. The van der Waals surface area contributed by atoms with Crippen molar-refractivity contribution in [3.8, 4) is 11.5 Å². The molecule has 5 nitrogen and oxygen atoms in total. The lowest BCUT2D eigenvalue weighted by atomic mass is 10.1. The van der Waals surface area contributed by atoms with Gasteiger partial charge in [-0.25, -0.2) is 0 Å². The molecule has 1 heterocycles. The van der Waals surface area contributed by atoms with Gasteiger partial charge in [0.25, 0.3) is 0 Å². The molecule has 0 amide bonds. The highest BCUT2D eigenvalue weighted by atomic mass is 16.5. The molecule has 0 spiro atoms. The van der Waals surface area contributed by atoms with Gasteiger partial charge in [0.2, 0.25) is 0 Å². The predicted molar refractivity (Wildman–Crippen MR) is 74.3 cm³/mol. The van der Waals surface area contributed by atoms with E-state index in [1.165, 1.54) is 0 Å². The smallest absolute Gasteiger partial charge is 0.161 e. The van der Waals surface area contributed by atoms with E-state index >= 15 is 0 Å². The van der Waals surface area contributed by atoms with Gasteiger partial charge in [0, 0.05) is 13.5 Å². The van der Waals surface area contributed by atoms with Gasteiger partial charge in [-0.2, -0.15) is 0 Å². The number of ether oxygens (including phenoxy) is 4. The van der Waals surface area contributed by atoms with E-state index in [0.29, 0.717) is 25.6 Å². The third-order valence-electron chi connectivity index (χ3n) is 3.10. The van der Waals surface area contributed by atoms with Crippen molar-refractivity contribution in [2.75, 3.05) is 33.5 Å². The van der Waals surface area contributed by atoms with Gasteiger partial charge in [-0.3, -0.25) is 0 Å². The summed E-state index contributed by atoms with van der Waals surface area (Å²) in [6, 6.07) is 5.48. The molecule has 2 unspecified atom stereocenters. The second-order valence-corrected chi connectivity index (χ2v) is 4.87. The quantitative estimate of drug-likeness (QED) is 0.864. The van der Waals surface area contributed by atoms with Crippen molar-refractivity contribution in [2.24, 2.45) is 0 Å². The van der Waals surface area contributed by atoms with Crippen LogP contribution < -0.4 is 9.47 Å². The summed E-state index contributed by atoms with van der Waals surface area (Å²) < 4.78 is 21.7. The monoisotopic (exact) mass is 282 g/mol. The average Bonchev–Trinajstić information content (AvgIpc) is 2.69. The molecule has 112 valence electrons. The van der Waals surface area contributed by atoms with Crippen molar-refractivity contribution < 1.29 is 24.1 Å². The molecule has 0 radical (unpaired) electrons. The van der Waals surface area contributed by atoms with Gasteiger partial charge in [0.05, 0.1) is 32.5 Å². The molecule has 20 heavy (non-hydrogen) atoms. The van der Waals surface area contributed by atoms with E-state index < -0.39 is 6.10 Å². The molecule has 0 saturated carbocycles. The van der Waals surface area contributed by atoms with E-state index in [1.54, 1.807) is 7.11 Å². The SMILES string of the molecule is COCC(C)OCC(O)c1ccc2c(c1)OCCCO2. The Bertz CT molecular complexity index is 421. The Morgan fingerprint density at radius 3 is 2.70 bits per heavy atom. The van der Waals surface area contributed by atoms with Crippen LogP contribution in [0, 0.1) is 0 Å². The normalized spacial score (nSPS) is 17.4. The zero-order valence-corrected chi connectivity index (χ0v) is 12.0. The van der Waals surface area contributed by atoms with E-state index in [1.807, 2.05) is 25.1 Å². The maximum Gasteiger partial charge on any atom is 0.161 e. The predicted octanol–water partition coefficient (Wildman–Crippen LogP) is 1.93. The molecule has 1 N–H and O–H groups in total. The van der Waals surface area contributed by atoms with Gasteiger partial charge < -0.3 is 24.1 Å². The molecule has 1 aliphatic heterocycles. The Kier molecular flexibility index (Phi) is 5.64. The van der Waals surface area contributed by atoms with Crippen LogP contribution in [-0.2, 0) is 9.47 Å². The number of aliphatic hydroxyl groups excluding tert-OH is 1. The Labute approximate surface area is 119 Å². The molecule has 0 saturated heterocycles. The summed E-state index contributed by atoms with van der Waals surface area (Å²) in [5.74, 6) is 1.41. The van der Waals surface area contributed by atoms with E-state index in [-0.39, 0.29) is 12.7 Å². The molecule has 1 aromatic carbocycles. The van der Waals surface area contributed by atoms with Gasteiger partial charge in [0.15, 0.2) is 11.5 Å². The van der Waals surface area contributed by atoms with Crippen molar-refractivity contribution in [1.29, 1.82) is 0 Å². The van der Waals surface area contributed by atoms with E-state index in [9.17, 15) is 5.11 Å². The highest BCUT2D eigenvalue weighted by Gasteiger charge is 2.15. The minimum Gasteiger partial charge on any atom is -0.490 e. The van der Waals surface area contributed by atoms with Crippen LogP contribution in [0.2, 0.25) is 0 Å². The first kappa shape index (κ1) is 15.1. The average molecular weight is 282 g/mol. The Morgan fingerprint density at radius 2 is 1.95 bits per heavy atom. The zero-order chi connectivity index (χ0) is 14.4. The molecular weight excluding hydrogens is 260 g/mol. The van der Waals surface area contributed by atoms with Crippen LogP contribution >= 0.6 is 0 Å². The van der Waals surface area contributed by atoms with Crippen LogP contribution in [0.4, 0.5) is 0 Å². The van der Waals surface area contributed by atoms with Crippen LogP contribution in [0.15, 0.2) is 18.2 Å². The van der Waals surface area contributed by atoms with Gasteiger partial charge in [-0.1, -0.05) is 6.07 Å². The van der Waals surface area contributed by atoms with E-state index in [4.69, 9.17) is 18.9 Å². The highest BCUT2D eigenvalue weighted by Crippen LogP contribution is 2.32. The van der Waals surface area contributed by atoms with Crippen LogP contribution in [0.5, 0.6) is 11.5 Å². The zero-order valence-electron chi connectivity index (χ0n) is 12.0. The van der Waals surface area contributed by atoms with Gasteiger partial charge in [0.1, 0.15) is 6.10 Å². The Morgan fingerprint density at radius 1 is 1.20 bits per heavy atom. The fourth-order valence-electron chi connectivity index (χ4n) is 2.02. The standard InChI is InChI=1S/C15H22O5/c1-11(9-17-2)20-10-13(16)12-4-5-14-15(8-12)19-7-3-6-18-14/h4-5,8,11,13,16H,3,6-7,9-10H2,1-2H3. The molecule has 1 aromatic rings. The molecule has 1 aliphatic rings. The summed E-state index contributed by atoms with van der Waals surface area (Å²) in [5.41, 5.74) is 0.763. The number of rotatable bonds is 6. The van der Waals surface area contributed by atoms with Crippen molar-refractivity contribution in [1.82, 2.24) is 0 Å². The van der Waals surface area contributed by atoms with Crippen LogP contribution in [-0.4, -0.2) is 44.7 Å². The number of fused-ring (bicyclic) bond motifs is 1. The summed E-state index contributed by atoms with van der Waals surface area (Å²) in [5, 5.41) is 10.1. The van der Waals surface area contributed by atoms with Gasteiger partial charge >= 0.3 is 0 Å². The summed E-state index contributed by atoms with van der Waals surface area (Å²) in [7, 11) is 1.63.